The number of rotatable bonds is 6. The number of nitrogens with zero attached hydrogens (tertiary/aromatic N) is 2. The monoisotopic (exact) mass is 507 g/mol. The highest BCUT2D eigenvalue weighted by Crippen LogP contribution is 2.33. The molecule has 36 heavy (non-hydrogen) atoms. The van der Waals surface area contributed by atoms with Crippen LogP contribution in [0.2, 0.25) is 0 Å². The maximum atomic E-state index is 13.1. The van der Waals surface area contributed by atoms with Gasteiger partial charge in [0.05, 0.1) is 17.6 Å². The second kappa shape index (κ2) is 10.2. The minimum absolute atomic E-state index is 0.193. The number of aryl methyl sites for hydroxylation is 1. The van der Waals surface area contributed by atoms with Crippen LogP contribution in [0.5, 0.6) is 0 Å². The van der Waals surface area contributed by atoms with Crippen LogP contribution in [0.3, 0.4) is 0 Å². The van der Waals surface area contributed by atoms with Crippen molar-refractivity contribution in [3.05, 3.63) is 87.8 Å². The highest BCUT2D eigenvalue weighted by Gasteiger charge is 2.36. The van der Waals surface area contributed by atoms with E-state index in [4.69, 9.17) is 4.74 Å². The van der Waals surface area contributed by atoms with Gasteiger partial charge in [-0.05, 0) is 85.8 Å². The third kappa shape index (κ3) is 5.08. The first kappa shape index (κ1) is 24.9. The molecule has 1 aromatic heterocycles. The summed E-state index contributed by atoms with van der Waals surface area (Å²) in [5.41, 5.74) is 3.89. The van der Waals surface area contributed by atoms with E-state index in [1.807, 2.05) is 30.5 Å². The SMILES string of the molecule is COC(=O)c1cccc(-n2c(C)cc(/C=C3\SC(=O)N(CC(=O)Nc4ccc(F)cc4)C3=O)c2C)c1. The summed E-state index contributed by atoms with van der Waals surface area (Å²) in [5.74, 6) is -2.04. The zero-order chi connectivity index (χ0) is 26.0. The molecule has 10 heteroatoms. The average Bonchev–Trinajstić information content (AvgIpc) is 3.28. The first-order valence-corrected chi connectivity index (χ1v) is 11.7. The van der Waals surface area contributed by atoms with Gasteiger partial charge in [0.2, 0.25) is 5.91 Å². The zero-order valence-electron chi connectivity index (χ0n) is 19.7. The number of halogens is 1. The maximum Gasteiger partial charge on any atom is 0.337 e. The fourth-order valence-electron chi connectivity index (χ4n) is 3.88. The van der Waals surface area contributed by atoms with Crippen LogP contribution in [0, 0.1) is 19.7 Å². The molecule has 184 valence electrons. The number of aromatic nitrogens is 1. The lowest BCUT2D eigenvalue weighted by molar-refractivity contribution is -0.127. The van der Waals surface area contributed by atoms with Crippen LogP contribution >= 0.6 is 11.8 Å². The highest BCUT2D eigenvalue weighted by molar-refractivity contribution is 8.18. The van der Waals surface area contributed by atoms with Gasteiger partial charge in [0, 0.05) is 22.8 Å². The number of amides is 3. The van der Waals surface area contributed by atoms with Gasteiger partial charge in [0.1, 0.15) is 12.4 Å². The number of hydrogen-bond acceptors (Lipinski definition) is 6. The Morgan fingerprint density at radius 3 is 2.50 bits per heavy atom. The van der Waals surface area contributed by atoms with E-state index in [2.05, 4.69) is 5.32 Å². The Morgan fingerprint density at radius 1 is 1.08 bits per heavy atom. The smallest absolute Gasteiger partial charge is 0.337 e. The quantitative estimate of drug-likeness (QED) is 0.384. The minimum atomic E-state index is -0.575. The van der Waals surface area contributed by atoms with Crippen molar-refractivity contribution in [1.82, 2.24) is 9.47 Å². The van der Waals surface area contributed by atoms with Crippen molar-refractivity contribution in [2.24, 2.45) is 0 Å². The predicted octanol–water partition coefficient (Wildman–Crippen LogP) is 4.69. The van der Waals surface area contributed by atoms with Gasteiger partial charge in [-0.15, -0.1) is 0 Å². The predicted molar refractivity (Wildman–Crippen MR) is 134 cm³/mol. The topological polar surface area (TPSA) is 97.7 Å². The largest absolute Gasteiger partial charge is 0.465 e. The molecule has 1 aliphatic rings. The normalized spacial score (nSPS) is 14.4. The molecule has 1 saturated heterocycles. The van der Waals surface area contributed by atoms with Crippen molar-refractivity contribution in [3.8, 4) is 5.69 Å². The van der Waals surface area contributed by atoms with Gasteiger partial charge in [-0.3, -0.25) is 19.3 Å². The first-order chi connectivity index (χ1) is 17.2. The number of nitrogens with one attached hydrogen (secondary N) is 1. The Labute approximate surface area is 210 Å². The molecule has 0 unspecified atom stereocenters. The second-order valence-electron chi connectivity index (χ2n) is 8.03. The molecule has 0 radical (unpaired) electrons. The molecular formula is C26H22FN3O5S. The van der Waals surface area contributed by atoms with Crippen LogP contribution in [0.15, 0.2) is 59.5 Å². The van der Waals surface area contributed by atoms with Crippen molar-refractivity contribution in [1.29, 1.82) is 0 Å². The Hall–Kier alpha value is -4.18. The van der Waals surface area contributed by atoms with E-state index in [-0.39, 0.29) is 4.91 Å². The number of anilines is 1. The average molecular weight is 508 g/mol. The van der Waals surface area contributed by atoms with Gasteiger partial charge in [-0.2, -0.15) is 0 Å². The van der Waals surface area contributed by atoms with Crippen molar-refractivity contribution >= 4 is 46.5 Å². The van der Waals surface area contributed by atoms with Gasteiger partial charge in [0.15, 0.2) is 0 Å². The van der Waals surface area contributed by atoms with E-state index in [1.165, 1.54) is 31.4 Å². The van der Waals surface area contributed by atoms with Crippen LogP contribution in [-0.2, 0) is 14.3 Å². The number of benzene rings is 2. The number of carbonyl (C=O) groups is 4. The Morgan fingerprint density at radius 2 is 1.81 bits per heavy atom. The van der Waals surface area contributed by atoms with E-state index < -0.39 is 35.4 Å². The summed E-state index contributed by atoms with van der Waals surface area (Å²) in [6.45, 7) is 3.30. The van der Waals surface area contributed by atoms with Gasteiger partial charge < -0.3 is 14.6 Å². The molecule has 4 rings (SSSR count). The lowest BCUT2D eigenvalue weighted by atomic mass is 10.2. The van der Waals surface area contributed by atoms with Crippen LogP contribution in [-0.4, -0.2) is 46.1 Å². The summed E-state index contributed by atoms with van der Waals surface area (Å²) in [7, 11) is 1.32. The molecule has 2 aromatic carbocycles. The number of thioether (sulfide) groups is 1. The summed E-state index contributed by atoms with van der Waals surface area (Å²) in [5, 5.41) is 1.98. The van der Waals surface area contributed by atoms with E-state index in [0.29, 0.717) is 11.3 Å². The number of carbonyl (C=O) groups excluding carboxylic acids is 4. The van der Waals surface area contributed by atoms with Gasteiger partial charge in [-0.25, -0.2) is 9.18 Å². The fourth-order valence-corrected chi connectivity index (χ4v) is 4.70. The Kier molecular flexibility index (Phi) is 7.07. The van der Waals surface area contributed by atoms with Gasteiger partial charge in [0.25, 0.3) is 11.1 Å². The molecule has 0 atom stereocenters. The molecular weight excluding hydrogens is 485 g/mol. The third-order valence-electron chi connectivity index (χ3n) is 5.59. The second-order valence-corrected chi connectivity index (χ2v) is 9.02. The van der Waals surface area contributed by atoms with E-state index in [1.54, 1.807) is 24.3 Å². The molecule has 3 aromatic rings. The van der Waals surface area contributed by atoms with Crippen molar-refractivity contribution in [2.75, 3.05) is 19.0 Å². The molecule has 0 saturated carbocycles. The molecule has 8 nitrogen and oxygen atoms in total. The Balaban J connectivity index is 1.54. The van der Waals surface area contributed by atoms with Crippen molar-refractivity contribution in [3.63, 3.8) is 0 Å². The number of esters is 1. The van der Waals surface area contributed by atoms with E-state index >= 15 is 0 Å². The van der Waals surface area contributed by atoms with Crippen LogP contribution in [0.25, 0.3) is 11.8 Å². The number of methoxy groups -OCH3 is 1. The first-order valence-electron chi connectivity index (χ1n) is 10.9. The fraction of sp³-hybridized carbons (Fsp3) is 0.154. The molecule has 1 N–H and O–H groups in total. The molecule has 1 aliphatic heterocycles. The lowest BCUT2D eigenvalue weighted by Crippen LogP contribution is -2.36. The molecule has 1 fully saturated rings. The minimum Gasteiger partial charge on any atom is -0.465 e. The van der Waals surface area contributed by atoms with E-state index in [0.717, 1.165) is 39.3 Å². The van der Waals surface area contributed by atoms with Crippen LogP contribution < -0.4 is 5.32 Å². The summed E-state index contributed by atoms with van der Waals surface area (Å²) >= 11 is 0.754. The number of ether oxygens (including phenoxy) is 1. The number of hydrogen-bond donors (Lipinski definition) is 1. The number of imide groups is 1. The maximum absolute atomic E-state index is 13.1. The van der Waals surface area contributed by atoms with Crippen LogP contribution in [0.1, 0.15) is 27.3 Å². The molecule has 0 spiro atoms. The lowest BCUT2D eigenvalue weighted by Gasteiger charge is -2.12. The van der Waals surface area contributed by atoms with Crippen LogP contribution in [0.4, 0.5) is 14.9 Å². The summed E-state index contributed by atoms with van der Waals surface area (Å²) < 4.78 is 19.8. The summed E-state index contributed by atoms with van der Waals surface area (Å²) in [4.78, 5) is 50.7. The Bertz CT molecular complexity index is 1410. The molecule has 2 heterocycles. The molecule has 0 bridgehead atoms. The van der Waals surface area contributed by atoms with Gasteiger partial charge >= 0.3 is 5.97 Å². The summed E-state index contributed by atoms with van der Waals surface area (Å²) in [6, 6.07) is 14.0. The van der Waals surface area contributed by atoms with Crippen molar-refractivity contribution < 1.29 is 28.3 Å². The summed E-state index contributed by atoms with van der Waals surface area (Å²) in [6.07, 6.45) is 1.62. The van der Waals surface area contributed by atoms with Gasteiger partial charge in [-0.1, -0.05) is 6.07 Å². The highest BCUT2D eigenvalue weighted by atomic mass is 32.2. The van der Waals surface area contributed by atoms with Crippen molar-refractivity contribution in [2.45, 2.75) is 13.8 Å². The molecule has 0 aliphatic carbocycles. The zero-order valence-corrected chi connectivity index (χ0v) is 20.5. The molecule has 3 amide bonds. The third-order valence-corrected chi connectivity index (χ3v) is 6.49. The van der Waals surface area contributed by atoms with E-state index in [9.17, 15) is 23.6 Å². The standard InChI is InChI=1S/C26H22FN3O5S/c1-15-11-18(16(2)30(15)21-6-4-5-17(12-21)25(33)35-3)13-22-24(32)29(26(34)36-22)14-23(31)28-20-9-7-19(27)8-10-20/h4-13H,14H2,1-3H3,(H,28,31)/b22-13-.